The number of hydrogen-bond acceptors (Lipinski definition) is 5. The van der Waals surface area contributed by atoms with Gasteiger partial charge >= 0.3 is 0 Å². The van der Waals surface area contributed by atoms with E-state index < -0.39 is 0 Å². The van der Waals surface area contributed by atoms with Gasteiger partial charge in [-0.05, 0) is 41.1 Å². The molecule has 3 aromatic rings. The Morgan fingerprint density at radius 1 is 1.19 bits per heavy atom. The second-order valence-corrected chi connectivity index (χ2v) is 7.59. The van der Waals surface area contributed by atoms with Crippen molar-refractivity contribution in [1.29, 1.82) is 0 Å². The normalized spacial score (nSPS) is 21.0. The molecule has 0 unspecified atom stereocenters. The molecule has 0 saturated heterocycles. The summed E-state index contributed by atoms with van der Waals surface area (Å²) in [6.07, 6.45) is 0.412. The monoisotopic (exact) mass is 382 g/mol. The molecule has 0 bridgehead atoms. The smallest absolute Gasteiger partial charge is 0.214 e. The van der Waals surface area contributed by atoms with Gasteiger partial charge in [-0.15, -0.1) is 0 Å². The average Bonchev–Trinajstić information content (AvgIpc) is 3.33. The first-order valence-corrected chi connectivity index (χ1v) is 9.65. The maximum absolute atomic E-state index is 10.3. The molecule has 2 atom stereocenters. The van der Waals surface area contributed by atoms with E-state index in [4.69, 9.17) is 21.4 Å². The van der Waals surface area contributed by atoms with Gasteiger partial charge in [-0.3, -0.25) is 0 Å². The summed E-state index contributed by atoms with van der Waals surface area (Å²) >= 11 is 7.77. The van der Waals surface area contributed by atoms with Gasteiger partial charge in [0.15, 0.2) is 0 Å². The van der Waals surface area contributed by atoms with Gasteiger partial charge in [0.1, 0.15) is 11.5 Å². The minimum absolute atomic E-state index is 0.0678. The fourth-order valence-electron chi connectivity index (χ4n) is 3.57. The maximum Gasteiger partial charge on any atom is 0.214 e. The number of aromatic hydroxyl groups is 1. The first-order valence-electron chi connectivity index (χ1n) is 8.33. The Hall–Kier alpha value is -2.50. The molecule has 2 aliphatic heterocycles. The number of fused-ring (bicyclic) bond motifs is 3. The summed E-state index contributed by atoms with van der Waals surface area (Å²) in [5, 5.41) is 21.8. The van der Waals surface area contributed by atoms with Crippen molar-refractivity contribution in [3.8, 4) is 11.5 Å². The summed E-state index contributed by atoms with van der Waals surface area (Å²) in [6, 6.07) is 15.3. The Balaban J connectivity index is 1.62. The van der Waals surface area contributed by atoms with Crippen LogP contribution in [0, 0.1) is 0 Å². The third-order valence-electron chi connectivity index (χ3n) is 4.80. The van der Waals surface area contributed by atoms with E-state index in [1.54, 1.807) is 29.5 Å². The van der Waals surface area contributed by atoms with Crippen LogP contribution in [0.2, 0.25) is 5.02 Å². The standard InChI is InChI=1S/C20H15ClN2O2S/c21-13-5-6-18(24)15(9-13)16-10-17-14-3-1-2-4-19(14)25-20(23(17)22-16)12-7-8-26-11-12/h1-9,11,17,20,24H,10H2/t17-,20+/m1/s1. The predicted octanol–water partition coefficient (Wildman–Crippen LogP) is 5.35. The van der Waals surface area contributed by atoms with Crippen molar-refractivity contribution in [2.45, 2.75) is 18.7 Å². The predicted molar refractivity (Wildman–Crippen MR) is 103 cm³/mol. The van der Waals surface area contributed by atoms with Crippen LogP contribution in [0.4, 0.5) is 0 Å². The number of benzene rings is 2. The average molecular weight is 383 g/mol. The van der Waals surface area contributed by atoms with Crippen LogP contribution in [0.1, 0.15) is 35.4 Å². The molecule has 130 valence electrons. The van der Waals surface area contributed by atoms with Gasteiger partial charge in [0.25, 0.3) is 0 Å². The van der Waals surface area contributed by atoms with Crippen molar-refractivity contribution in [2.75, 3.05) is 0 Å². The van der Waals surface area contributed by atoms with E-state index in [1.807, 2.05) is 28.6 Å². The van der Waals surface area contributed by atoms with E-state index in [2.05, 4.69) is 17.5 Å². The number of para-hydroxylation sites is 1. The fourth-order valence-corrected chi connectivity index (χ4v) is 4.41. The molecular formula is C20H15ClN2O2S. The highest BCUT2D eigenvalue weighted by atomic mass is 35.5. The van der Waals surface area contributed by atoms with Crippen molar-refractivity contribution < 1.29 is 9.84 Å². The molecule has 0 spiro atoms. The van der Waals surface area contributed by atoms with Crippen molar-refractivity contribution in [3.05, 3.63) is 81.0 Å². The maximum atomic E-state index is 10.3. The van der Waals surface area contributed by atoms with E-state index in [1.165, 1.54) is 0 Å². The van der Waals surface area contributed by atoms with Crippen LogP contribution in [0.3, 0.4) is 0 Å². The molecule has 6 heteroatoms. The molecule has 3 heterocycles. The number of phenolic OH excluding ortho intramolecular Hbond substituents is 1. The lowest BCUT2D eigenvalue weighted by Crippen LogP contribution is -2.33. The Kier molecular flexibility index (Phi) is 3.65. The third-order valence-corrected chi connectivity index (χ3v) is 5.73. The summed E-state index contributed by atoms with van der Waals surface area (Å²) in [6.45, 7) is 0. The van der Waals surface area contributed by atoms with Gasteiger partial charge in [0.2, 0.25) is 6.23 Å². The zero-order chi connectivity index (χ0) is 17.7. The molecule has 26 heavy (non-hydrogen) atoms. The van der Waals surface area contributed by atoms with E-state index in [9.17, 15) is 5.11 Å². The SMILES string of the molecule is Oc1ccc(Cl)cc1C1=NN2[C@H](C1)c1ccccc1O[C@H]2c1ccsc1. The molecule has 0 fully saturated rings. The van der Waals surface area contributed by atoms with Crippen LogP contribution in [0.15, 0.2) is 64.4 Å². The Morgan fingerprint density at radius 2 is 2.08 bits per heavy atom. The highest BCUT2D eigenvalue weighted by molar-refractivity contribution is 7.07. The highest BCUT2D eigenvalue weighted by Crippen LogP contribution is 2.48. The van der Waals surface area contributed by atoms with Crippen molar-refractivity contribution >= 4 is 28.6 Å². The lowest BCUT2D eigenvalue weighted by atomic mass is 9.96. The van der Waals surface area contributed by atoms with Crippen LogP contribution in [0.25, 0.3) is 0 Å². The van der Waals surface area contributed by atoms with Crippen molar-refractivity contribution in [3.63, 3.8) is 0 Å². The van der Waals surface area contributed by atoms with Crippen LogP contribution < -0.4 is 4.74 Å². The topological polar surface area (TPSA) is 45.1 Å². The second kappa shape index (κ2) is 6.04. The van der Waals surface area contributed by atoms with Crippen LogP contribution in [-0.2, 0) is 0 Å². The summed E-state index contributed by atoms with van der Waals surface area (Å²) in [5.41, 5.74) is 3.68. The first-order chi connectivity index (χ1) is 12.7. The summed E-state index contributed by atoms with van der Waals surface area (Å²) in [5.74, 6) is 1.07. The van der Waals surface area contributed by atoms with Crippen molar-refractivity contribution in [1.82, 2.24) is 5.01 Å². The van der Waals surface area contributed by atoms with Gasteiger partial charge in [-0.1, -0.05) is 29.8 Å². The van der Waals surface area contributed by atoms with Crippen molar-refractivity contribution in [2.24, 2.45) is 5.10 Å². The van der Waals surface area contributed by atoms with Gasteiger partial charge in [-0.25, -0.2) is 5.01 Å². The second-order valence-electron chi connectivity index (χ2n) is 6.37. The molecule has 0 aliphatic carbocycles. The van der Waals surface area contributed by atoms with Crippen LogP contribution >= 0.6 is 22.9 Å². The Labute approximate surface area is 159 Å². The Bertz CT molecular complexity index is 1000. The van der Waals surface area contributed by atoms with Gasteiger partial charge in [-0.2, -0.15) is 16.4 Å². The Morgan fingerprint density at radius 3 is 2.92 bits per heavy atom. The van der Waals surface area contributed by atoms with Gasteiger partial charge in [0.05, 0.1) is 11.8 Å². The minimum atomic E-state index is -0.278. The van der Waals surface area contributed by atoms with Gasteiger partial charge in [0, 0.05) is 28.1 Å². The molecule has 2 aromatic carbocycles. The number of thiophene rings is 1. The molecular weight excluding hydrogens is 368 g/mol. The third kappa shape index (κ3) is 2.47. The van der Waals surface area contributed by atoms with E-state index >= 15 is 0 Å². The molecule has 5 rings (SSSR count). The number of halogens is 1. The molecule has 2 aliphatic rings. The number of phenols is 1. The number of hydrazone groups is 1. The van der Waals surface area contributed by atoms with Gasteiger partial charge < -0.3 is 9.84 Å². The number of hydrogen-bond donors (Lipinski definition) is 1. The number of ether oxygens (including phenoxy) is 1. The fraction of sp³-hybridized carbons (Fsp3) is 0.150. The summed E-state index contributed by atoms with van der Waals surface area (Å²) in [4.78, 5) is 0. The quantitative estimate of drug-likeness (QED) is 0.649. The molecule has 1 aromatic heterocycles. The zero-order valence-electron chi connectivity index (χ0n) is 13.7. The summed E-state index contributed by atoms with van der Waals surface area (Å²) < 4.78 is 6.27. The molecule has 0 saturated carbocycles. The highest BCUT2D eigenvalue weighted by Gasteiger charge is 2.41. The molecule has 0 radical (unpaired) electrons. The lowest BCUT2D eigenvalue weighted by molar-refractivity contribution is -0.0187. The molecule has 4 nitrogen and oxygen atoms in total. The van der Waals surface area contributed by atoms with E-state index in [0.717, 1.165) is 22.6 Å². The number of nitrogens with zero attached hydrogens (tertiary/aromatic N) is 2. The molecule has 1 N–H and O–H groups in total. The van der Waals surface area contributed by atoms with E-state index in [-0.39, 0.29) is 18.0 Å². The number of rotatable bonds is 2. The minimum Gasteiger partial charge on any atom is -0.507 e. The van der Waals surface area contributed by atoms with Crippen LogP contribution in [0.5, 0.6) is 11.5 Å². The zero-order valence-corrected chi connectivity index (χ0v) is 15.2. The molecule has 0 amide bonds. The summed E-state index contributed by atoms with van der Waals surface area (Å²) in [7, 11) is 0. The van der Waals surface area contributed by atoms with E-state index in [0.29, 0.717) is 17.0 Å². The first kappa shape index (κ1) is 15.7. The van der Waals surface area contributed by atoms with Crippen LogP contribution in [-0.4, -0.2) is 15.8 Å². The largest absolute Gasteiger partial charge is 0.507 e. The lowest BCUT2D eigenvalue weighted by Gasteiger charge is -2.37.